The lowest BCUT2D eigenvalue weighted by Crippen LogP contribution is -2.40. The van der Waals surface area contributed by atoms with Gasteiger partial charge in [-0.2, -0.15) is 0 Å². The van der Waals surface area contributed by atoms with Gasteiger partial charge in [-0.3, -0.25) is 4.99 Å². The molecule has 136 valence electrons. The minimum Gasteiger partial charge on any atom is -0.396 e. The molecule has 1 saturated heterocycles. The van der Waals surface area contributed by atoms with E-state index in [0.717, 1.165) is 50.8 Å². The minimum absolute atomic E-state index is 0.263. The monoisotopic (exact) mass is 326 g/mol. The number of hydrogen-bond donors (Lipinski definition) is 3. The molecule has 0 bridgehead atoms. The SMILES string of the molecule is CCCC(CCO)CN=C(NCC)NCC1CCN(CCC)C1. The van der Waals surface area contributed by atoms with Crippen LogP contribution in [0.2, 0.25) is 0 Å². The van der Waals surface area contributed by atoms with Crippen molar-refractivity contribution in [2.75, 3.05) is 45.9 Å². The third-order valence-electron chi connectivity index (χ3n) is 4.55. The number of aliphatic hydroxyl groups is 1. The molecular weight excluding hydrogens is 288 g/mol. The molecule has 23 heavy (non-hydrogen) atoms. The molecule has 0 aromatic carbocycles. The van der Waals surface area contributed by atoms with E-state index in [-0.39, 0.29) is 6.61 Å². The van der Waals surface area contributed by atoms with E-state index in [1.807, 2.05) is 0 Å². The highest BCUT2D eigenvalue weighted by atomic mass is 16.3. The number of guanidine groups is 1. The minimum atomic E-state index is 0.263. The number of likely N-dealkylation sites (tertiary alicyclic amines) is 1. The van der Waals surface area contributed by atoms with Gasteiger partial charge < -0.3 is 20.6 Å². The van der Waals surface area contributed by atoms with Crippen molar-refractivity contribution >= 4 is 5.96 Å². The molecule has 0 amide bonds. The first-order valence-corrected chi connectivity index (χ1v) is 9.58. The predicted molar refractivity (Wildman–Crippen MR) is 98.9 cm³/mol. The Hall–Kier alpha value is -0.810. The molecule has 1 aliphatic rings. The summed E-state index contributed by atoms with van der Waals surface area (Å²) in [4.78, 5) is 7.30. The maximum atomic E-state index is 9.16. The number of hydrogen-bond acceptors (Lipinski definition) is 3. The van der Waals surface area contributed by atoms with Gasteiger partial charge in [0.1, 0.15) is 0 Å². The quantitative estimate of drug-likeness (QED) is 0.402. The predicted octanol–water partition coefficient (Wildman–Crippen LogP) is 2.07. The average Bonchev–Trinajstić information content (AvgIpc) is 2.98. The summed E-state index contributed by atoms with van der Waals surface area (Å²) >= 11 is 0. The first-order valence-electron chi connectivity index (χ1n) is 9.58. The van der Waals surface area contributed by atoms with Gasteiger partial charge in [-0.05, 0) is 57.5 Å². The molecule has 5 nitrogen and oxygen atoms in total. The summed E-state index contributed by atoms with van der Waals surface area (Å²) in [7, 11) is 0. The van der Waals surface area contributed by atoms with Gasteiger partial charge in [0.2, 0.25) is 0 Å². The Kier molecular flexibility index (Phi) is 11.1. The van der Waals surface area contributed by atoms with E-state index in [4.69, 9.17) is 10.1 Å². The fourth-order valence-corrected chi connectivity index (χ4v) is 3.32. The molecule has 1 fully saturated rings. The molecule has 0 aromatic heterocycles. The van der Waals surface area contributed by atoms with Crippen LogP contribution in [0, 0.1) is 11.8 Å². The Morgan fingerprint density at radius 2 is 2.04 bits per heavy atom. The number of nitrogens with zero attached hydrogens (tertiary/aromatic N) is 2. The molecule has 1 heterocycles. The number of nitrogens with one attached hydrogen (secondary N) is 2. The molecule has 5 heteroatoms. The summed E-state index contributed by atoms with van der Waals surface area (Å²) in [5, 5.41) is 16.0. The zero-order chi connectivity index (χ0) is 16.9. The van der Waals surface area contributed by atoms with Crippen molar-refractivity contribution in [3.05, 3.63) is 0 Å². The van der Waals surface area contributed by atoms with Crippen LogP contribution < -0.4 is 10.6 Å². The number of rotatable bonds is 11. The van der Waals surface area contributed by atoms with Crippen molar-refractivity contribution in [3.63, 3.8) is 0 Å². The molecule has 2 atom stereocenters. The van der Waals surface area contributed by atoms with E-state index < -0.39 is 0 Å². The summed E-state index contributed by atoms with van der Waals surface area (Å²) in [6.45, 7) is 13.2. The van der Waals surface area contributed by atoms with Crippen LogP contribution in [0.3, 0.4) is 0 Å². The smallest absolute Gasteiger partial charge is 0.191 e. The van der Waals surface area contributed by atoms with Crippen LogP contribution in [0.4, 0.5) is 0 Å². The maximum absolute atomic E-state index is 9.16. The summed E-state index contributed by atoms with van der Waals surface area (Å²) < 4.78 is 0. The van der Waals surface area contributed by atoms with Crippen molar-refractivity contribution in [2.24, 2.45) is 16.8 Å². The Bertz CT molecular complexity index is 316. The molecule has 3 N–H and O–H groups in total. The van der Waals surface area contributed by atoms with Gasteiger partial charge in [0.25, 0.3) is 0 Å². The van der Waals surface area contributed by atoms with Crippen molar-refractivity contribution in [1.82, 2.24) is 15.5 Å². The lowest BCUT2D eigenvalue weighted by atomic mass is 10.0. The fraction of sp³-hybridized carbons (Fsp3) is 0.944. The highest BCUT2D eigenvalue weighted by Gasteiger charge is 2.21. The van der Waals surface area contributed by atoms with Gasteiger partial charge in [0, 0.05) is 32.8 Å². The number of aliphatic imine (C=N–C) groups is 1. The van der Waals surface area contributed by atoms with Crippen molar-refractivity contribution < 1.29 is 5.11 Å². The third kappa shape index (κ3) is 8.56. The maximum Gasteiger partial charge on any atom is 0.191 e. The van der Waals surface area contributed by atoms with E-state index in [1.165, 1.54) is 32.5 Å². The molecule has 0 radical (unpaired) electrons. The van der Waals surface area contributed by atoms with Crippen LogP contribution in [0.1, 0.15) is 52.9 Å². The van der Waals surface area contributed by atoms with Gasteiger partial charge in [0.15, 0.2) is 5.96 Å². The van der Waals surface area contributed by atoms with Gasteiger partial charge in [-0.25, -0.2) is 0 Å². The standard InChI is InChI=1S/C18H38N4O/c1-4-7-16(9-12-23)13-20-18(19-6-3)21-14-17-8-11-22(15-17)10-5-2/h16-17,23H,4-15H2,1-3H3,(H2,19,20,21). The van der Waals surface area contributed by atoms with Crippen LogP contribution >= 0.6 is 0 Å². The molecule has 0 aliphatic carbocycles. The molecular formula is C18H38N4O. The molecule has 0 spiro atoms. The highest BCUT2D eigenvalue weighted by Crippen LogP contribution is 2.15. The Labute approximate surface area is 142 Å². The van der Waals surface area contributed by atoms with Crippen LogP contribution in [0.25, 0.3) is 0 Å². The van der Waals surface area contributed by atoms with Gasteiger partial charge in [-0.15, -0.1) is 0 Å². The average molecular weight is 327 g/mol. The Morgan fingerprint density at radius 3 is 2.70 bits per heavy atom. The fourth-order valence-electron chi connectivity index (χ4n) is 3.32. The first kappa shape index (κ1) is 20.2. The van der Waals surface area contributed by atoms with E-state index in [1.54, 1.807) is 0 Å². The van der Waals surface area contributed by atoms with E-state index >= 15 is 0 Å². The Morgan fingerprint density at radius 1 is 1.22 bits per heavy atom. The second-order valence-corrected chi connectivity index (χ2v) is 6.72. The molecule has 2 unspecified atom stereocenters. The van der Waals surface area contributed by atoms with Gasteiger partial charge >= 0.3 is 0 Å². The summed E-state index contributed by atoms with van der Waals surface area (Å²) in [6, 6.07) is 0. The normalized spacial score (nSPS) is 20.7. The molecule has 1 aliphatic heterocycles. The van der Waals surface area contributed by atoms with E-state index in [2.05, 4.69) is 36.3 Å². The largest absolute Gasteiger partial charge is 0.396 e. The second-order valence-electron chi connectivity index (χ2n) is 6.72. The van der Waals surface area contributed by atoms with Crippen molar-refractivity contribution in [3.8, 4) is 0 Å². The van der Waals surface area contributed by atoms with Crippen LogP contribution in [-0.4, -0.2) is 61.8 Å². The summed E-state index contributed by atoms with van der Waals surface area (Å²) in [5.74, 6) is 2.15. The molecule has 0 aromatic rings. The first-order chi connectivity index (χ1) is 11.2. The third-order valence-corrected chi connectivity index (χ3v) is 4.55. The van der Waals surface area contributed by atoms with Crippen molar-refractivity contribution in [1.29, 1.82) is 0 Å². The second kappa shape index (κ2) is 12.6. The number of aliphatic hydroxyl groups excluding tert-OH is 1. The van der Waals surface area contributed by atoms with Crippen LogP contribution in [-0.2, 0) is 0 Å². The van der Waals surface area contributed by atoms with Crippen molar-refractivity contribution in [2.45, 2.75) is 52.9 Å². The van der Waals surface area contributed by atoms with E-state index in [0.29, 0.717) is 5.92 Å². The zero-order valence-corrected chi connectivity index (χ0v) is 15.5. The topological polar surface area (TPSA) is 59.9 Å². The lowest BCUT2D eigenvalue weighted by molar-refractivity contribution is 0.253. The van der Waals surface area contributed by atoms with E-state index in [9.17, 15) is 0 Å². The molecule has 1 rings (SSSR count). The van der Waals surface area contributed by atoms with Crippen LogP contribution in [0.15, 0.2) is 4.99 Å². The Balaban J connectivity index is 2.39. The summed E-state index contributed by atoms with van der Waals surface area (Å²) in [5.41, 5.74) is 0. The summed E-state index contributed by atoms with van der Waals surface area (Å²) in [6.07, 6.45) is 5.67. The lowest BCUT2D eigenvalue weighted by Gasteiger charge is -2.18. The van der Waals surface area contributed by atoms with Gasteiger partial charge in [0.05, 0.1) is 0 Å². The zero-order valence-electron chi connectivity index (χ0n) is 15.5. The highest BCUT2D eigenvalue weighted by molar-refractivity contribution is 5.79. The van der Waals surface area contributed by atoms with Gasteiger partial charge in [-0.1, -0.05) is 20.3 Å². The van der Waals surface area contributed by atoms with Crippen LogP contribution in [0.5, 0.6) is 0 Å². The molecule has 0 saturated carbocycles.